The number of hydrogen-bond donors (Lipinski definition) is 0. The average molecular weight is 502 g/mol. The standard InChI is InChI=1S/C23H17Cl2N3O6/c24-14-7-10-18(19(25)11-14)20(29)12-26(21(30)13-5-8-15(9-6-13)28(33)34)27-22(31)16-3-1-2-4-17(16)23(27)32/h1-2,5-11,16-17H,3-4,12H2/t16-,17-/m1/s1. The fourth-order valence-corrected chi connectivity index (χ4v) is 4.58. The van der Waals surface area contributed by atoms with Crippen LogP contribution in [-0.2, 0) is 9.59 Å². The minimum Gasteiger partial charge on any atom is -0.292 e. The molecule has 0 aromatic heterocycles. The Morgan fingerprint density at radius 2 is 1.59 bits per heavy atom. The lowest BCUT2D eigenvalue weighted by atomic mass is 9.85. The maximum Gasteiger partial charge on any atom is 0.273 e. The van der Waals surface area contributed by atoms with Crippen LogP contribution in [0.5, 0.6) is 0 Å². The van der Waals surface area contributed by atoms with Gasteiger partial charge in [-0.25, -0.2) is 5.01 Å². The predicted octanol–water partition coefficient (Wildman–Crippen LogP) is 4.09. The third-order valence-electron chi connectivity index (χ3n) is 5.81. The molecule has 0 saturated carbocycles. The van der Waals surface area contributed by atoms with Crippen LogP contribution in [0, 0.1) is 22.0 Å². The lowest BCUT2D eigenvalue weighted by Crippen LogP contribution is -2.52. The normalized spacial score (nSPS) is 19.2. The van der Waals surface area contributed by atoms with Gasteiger partial charge in [-0.2, -0.15) is 5.01 Å². The molecule has 34 heavy (non-hydrogen) atoms. The summed E-state index contributed by atoms with van der Waals surface area (Å²) >= 11 is 12.0. The first kappa shape index (κ1) is 23.6. The Kier molecular flexibility index (Phi) is 6.49. The first-order valence-electron chi connectivity index (χ1n) is 10.3. The van der Waals surface area contributed by atoms with Gasteiger partial charge in [-0.1, -0.05) is 35.4 Å². The molecule has 1 fully saturated rings. The van der Waals surface area contributed by atoms with E-state index >= 15 is 0 Å². The molecular weight excluding hydrogens is 485 g/mol. The van der Waals surface area contributed by atoms with E-state index in [1.807, 2.05) is 0 Å². The molecule has 174 valence electrons. The van der Waals surface area contributed by atoms with Crippen molar-refractivity contribution in [3.05, 3.63) is 85.9 Å². The Hall–Kier alpha value is -3.56. The molecule has 1 heterocycles. The number of benzene rings is 2. The smallest absolute Gasteiger partial charge is 0.273 e. The van der Waals surface area contributed by atoms with Crippen molar-refractivity contribution >= 4 is 52.4 Å². The summed E-state index contributed by atoms with van der Waals surface area (Å²) in [4.78, 5) is 63.1. The maximum atomic E-state index is 13.4. The zero-order chi connectivity index (χ0) is 24.6. The quantitative estimate of drug-likeness (QED) is 0.193. The lowest BCUT2D eigenvalue weighted by molar-refractivity contribution is -0.384. The van der Waals surface area contributed by atoms with Crippen LogP contribution in [0.25, 0.3) is 0 Å². The number of ketones is 1. The number of nitrogens with zero attached hydrogens (tertiary/aromatic N) is 3. The van der Waals surface area contributed by atoms with Crippen LogP contribution in [0.4, 0.5) is 5.69 Å². The highest BCUT2D eigenvalue weighted by Crippen LogP contribution is 2.36. The zero-order valence-corrected chi connectivity index (χ0v) is 19.0. The van der Waals surface area contributed by atoms with Crippen LogP contribution in [0.15, 0.2) is 54.6 Å². The van der Waals surface area contributed by atoms with E-state index in [4.69, 9.17) is 23.2 Å². The number of allylic oxidation sites excluding steroid dienone is 2. The van der Waals surface area contributed by atoms with Crippen LogP contribution in [-0.4, -0.2) is 45.0 Å². The van der Waals surface area contributed by atoms with E-state index in [1.165, 1.54) is 30.3 Å². The Balaban J connectivity index is 1.70. The molecule has 11 heteroatoms. The van der Waals surface area contributed by atoms with Gasteiger partial charge < -0.3 is 0 Å². The zero-order valence-electron chi connectivity index (χ0n) is 17.5. The molecule has 2 aromatic rings. The monoisotopic (exact) mass is 501 g/mol. The molecule has 2 aromatic carbocycles. The van der Waals surface area contributed by atoms with Crippen molar-refractivity contribution in [3.8, 4) is 0 Å². The molecule has 1 saturated heterocycles. The van der Waals surface area contributed by atoms with Gasteiger partial charge >= 0.3 is 0 Å². The molecule has 3 amide bonds. The second-order valence-electron chi connectivity index (χ2n) is 7.86. The van der Waals surface area contributed by atoms with Gasteiger partial charge in [0.05, 0.1) is 21.8 Å². The summed E-state index contributed by atoms with van der Waals surface area (Å²) in [6.45, 7) is -0.651. The van der Waals surface area contributed by atoms with Crippen LogP contribution in [0.1, 0.15) is 33.6 Å². The summed E-state index contributed by atoms with van der Waals surface area (Å²) in [5, 5.41) is 12.8. The summed E-state index contributed by atoms with van der Waals surface area (Å²) < 4.78 is 0. The van der Waals surface area contributed by atoms with Crippen molar-refractivity contribution < 1.29 is 24.1 Å². The van der Waals surface area contributed by atoms with Crippen LogP contribution < -0.4 is 0 Å². The number of Topliss-reactive ketones (excluding diaryl/α,β-unsaturated/α-hetero) is 1. The van der Waals surface area contributed by atoms with Crippen molar-refractivity contribution in [2.75, 3.05) is 6.54 Å². The Morgan fingerprint density at radius 1 is 1.00 bits per heavy atom. The Labute approximate surface area is 203 Å². The molecule has 9 nitrogen and oxygen atoms in total. The summed E-state index contributed by atoms with van der Waals surface area (Å²) in [6, 6.07) is 8.86. The molecule has 0 N–H and O–H groups in total. The number of non-ortho nitro benzene ring substituents is 1. The molecule has 0 bridgehead atoms. The van der Waals surface area contributed by atoms with Crippen LogP contribution in [0.3, 0.4) is 0 Å². The number of hydrazine groups is 1. The molecule has 4 rings (SSSR count). The molecule has 2 aliphatic rings. The summed E-state index contributed by atoms with van der Waals surface area (Å²) in [5.74, 6) is -3.86. The van der Waals surface area contributed by atoms with Gasteiger partial charge in [-0.05, 0) is 43.2 Å². The van der Waals surface area contributed by atoms with E-state index in [9.17, 15) is 29.3 Å². The van der Waals surface area contributed by atoms with E-state index in [0.717, 1.165) is 22.2 Å². The highest BCUT2D eigenvalue weighted by atomic mass is 35.5. The first-order valence-corrected chi connectivity index (χ1v) is 11.0. The third kappa shape index (κ3) is 4.32. The molecule has 1 aliphatic carbocycles. The van der Waals surface area contributed by atoms with Crippen molar-refractivity contribution in [3.63, 3.8) is 0 Å². The van der Waals surface area contributed by atoms with Crippen molar-refractivity contribution in [1.29, 1.82) is 0 Å². The highest BCUT2D eigenvalue weighted by molar-refractivity contribution is 6.37. The van der Waals surface area contributed by atoms with E-state index in [1.54, 1.807) is 12.2 Å². The number of hydrogen-bond acceptors (Lipinski definition) is 6. The van der Waals surface area contributed by atoms with Gasteiger partial charge in [0.1, 0.15) is 6.54 Å². The number of halogens is 2. The fourth-order valence-electron chi connectivity index (χ4n) is 4.07. The van der Waals surface area contributed by atoms with Gasteiger partial charge in [0, 0.05) is 28.3 Å². The molecule has 0 unspecified atom stereocenters. The number of rotatable bonds is 6. The van der Waals surface area contributed by atoms with Gasteiger partial charge in [0.25, 0.3) is 23.4 Å². The van der Waals surface area contributed by atoms with E-state index in [-0.39, 0.29) is 21.8 Å². The minimum atomic E-state index is -0.832. The number of fused-ring (bicyclic) bond motifs is 1. The Morgan fingerprint density at radius 3 is 2.12 bits per heavy atom. The SMILES string of the molecule is O=C(CN(C(=O)c1ccc([N+](=O)[O-])cc1)N1C(=O)[C@@H]2CC=CC[C@H]2C1=O)c1ccc(Cl)cc1Cl. The third-order valence-corrected chi connectivity index (χ3v) is 6.36. The largest absolute Gasteiger partial charge is 0.292 e. The van der Waals surface area contributed by atoms with E-state index in [2.05, 4.69) is 0 Å². The molecule has 0 spiro atoms. The maximum absolute atomic E-state index is 13.4. The number of carbonyl (C=O) groups is 4. The topological polar surface area (TPSA) is 118 Å². The van der Waals surface area contributed by atoms with Crippen molar-refractivity contribution in [2.45, 2.75) is 12.8 Å². The molecule has 1 aliphatic heterocycles. The van der Waals surface area contributed by atoms with Gasteiger partial charge in [-0.3, -0.25) is 29.3 Å². The highest BCUT2D eigenvalue weighted by Gasteiger charge is 2.51. The number of imide groups is 1. The second-order valence-corrected chi connectivity index (χ2v) is 8.70. The molecule has 0 radical (unpaired) electrons. The molecular formula is C23H17Cl2N3O6. The average Bonchev–Trinajstić information content (AvgIpc) is 3.07. The van der Waals surface area contributed by atoms with Crippen LogP contribution in [0.2, 0.25) is 10.0 Å². The van der Waals surface area contributed by atoms with Gasteiger partial charge in [0.15, 0.2) is 5.78 Å². The minimum absolute atomic E-state index is 0.0331. The lowest BCUT2D eigenvalue weighted by Gasteiger charge is -2.30. The van der Waals surface area contributed by atoms with E-state index in [0.29, 0.717) is 17.9 Å². The number of nitro benzene ring substituents is 1. The first-order chi connectivity index (χ1) is 16.2. The summed E-state index contributed by atoms with van der Waals surface area (Å²) in [7, 11) is 0. The predicted molar refractivity (Wildman–Crippen MR) is 122 cm³/mol. The summed E-state index contributed by atoms with van der Waals surface area (Å²) in [6.07, 6.45) is 4.30. The van der Waals surface area contributed by atoms with E-state index < -0.39 is 46.8 Å². The van der Waals surface area contributed by atoms with Crippen LogP contribution >= 0.6 is 23.2 Å². The summed E-state index contributed by atoms with van der Waals surface area (Å²) in [5.41, 5.74) is -0.211. The van der Waals surface area contributed by atoms with Gasteiger partial charge in [0.2, 0.25) is 0 Å². The van der Waals surface area contributed by atoms with Crippen molar-refractivity contribution in [2.24, 2.45) is 11.8 Å². The number of amides is 3. The second kappa shape index (κ2) is 9.36. The number of carbonyl (C=O) groups excluding carboxylic acids is 4. The van der Waals surface area contributed by atoms with Crippen molar-refractivity contribution in [1.82, 2.24) is 10.0 Å². The Bertz CT molecular complexity index is 1220. The van der Waals surface area contributed by atoms with Gasteiger partial charge in [-0.15, -0.1) is 0 Å². The molecule has 2 atom stereocenters. The fraction of sp³-hybridized carbons (Fsp3) is 0.217. The number of nitro groups is 1.